The standard InChI is InChI=1S/C14H18O2S.C2H6/c1-8-9(12(15)16)6-7-10-11(8)13(2,3)14(4,5)17-10;1-2/h6-7H,1-5H3,(H,15,16);1-2H3. The van der Waals surface area contributed by atoms with Gasteiger partial charge in [0.25, 0.3) is 0 Å². The van der Waals surface area contributed by atoms with Crippen molar-refractivity contribution < 1.29 is 9.90 Å². The summed E-state index contributed by atoms with van der Waals surface area (Å²) in [5, 5.41) is 9.19. The molecule has 1 aliphatic heterocycles. The average Bonchev–Trinajstić information content (AvgIpc) is 2.48. The molecule has 0 fully saturated rings. The van der Waals surface area contributed by atoms with Crippen LogP contribution in [-0.2, 0) is 5.41 Å². The van der Waals surface area contributed by atoms with Crippen LogP contribution in [0.1, 0.15) is 63.0 Å². The largest absolute Gasteiger partial charge is 0.478 e. The van der Waals surface area contributed by atoms with Crippen molar-refractivity contribution in [2.75, 3.05) is 0 Å². The Bertz CT molecular complexity index is 502. The van der Waals surface area contributed by atoms with Crippen LogP contribution in [0, 0.1) is 6.92 Å². The first-order chi connectivity index (χ1) is 8.68. The van der Waals surface area contributed by atoms with E-state index in [4.69, 9.17) is 0 Å². The minimum absolute atomic E-state index is 0.0114. The van der Waals surface area contributed by atoms with Crippen molar-refractivity contribution >= 4 is 17.7 Å². The lowest BCUT2D eigenvalue weighted by molar-refractivity contribution is 0.0695. The van der Waals surface area contributed by atoms with Gasteiger partial charge in [-0.05, 0) is 44.0 Å². The molecule has 0 saturated heterocycles. The van der Waals surface area contributed by atoms with Crippen LogP contribution < -0.4 is 0 Å². The monoisotopic (exact) mass is 280 g/mol. The van der Waals surface area contributed by atoms with Crippen LogP contribution in [0.15, 0.2) is 17.0 Å². The summed E-state index contributed by atoms with van der Waals surface area (Å²) in [6.45, 7) is 14.8. The van der Waals surface area contributed by atoms with Crippen molar-refractivity contribution in [3.8, 4) is 0 Å². The van der Waals surface area contributed by atoms with Gasteiger partial charge in [0.05, 0.1) is 5.56 Å². The number of fused-ring (bicyclic) bond motifs is 1. The molecule has 0 saturated carbocycles. The number of carbonyl (C=O) groups is 1. The first-order valence-electron chi connectivity index (χ1n) is 6.75. The molecular weight excluding hydrogens is 256 g/mol. The van der Waals surface area contributed by atoms with E-state index in [1.807, 2.05) is 38.6 Å². The number of carboxylic acid groups (broad SMARTS) is 1. The summed E-state index contributed by atoms with van der Waals surface area (Å²) in [7, 11) is 0. The summed E-state index contributed by atoms with van der Waals surface area (Å²) in [4.78, 5) is 12.4. The summed E-state index contributed by atoms with van der Waals surface area (Å²) in [6, 6.07) is 3.67. The number of carboxylic acids is 1. The highest BCUT2D eigenvalue weighted by atomic mass is 32.2. The Morgan fingerprint density at radius 3 is 2.16 bits per heavy atom. The zero-order valence-corrected chi connectivity index (χ0v) is 13.7. The summed E-state index contributed by atoms with van der Waals surface area (Å²) in [5.41, 5.74) is 2.53. The maximum absolute atomic E-state index is 11.2. The molecule has 0 radical (unpaired) electrons. The van der Waals surface area contributed by atoms with Gasteiger partial charge in [-0.25, -0.2) is 4.79 Å². The van der Waals surface area contributed by atoms with Gasteiger partial charge in [-0.1, -0.05) is 27.7 Å². The van der Waals surface area contributed by atoms with Crippen LogP contribution in [0.3, 0.4) is 0 Å². The van der Waals surface area contributed by atoms with Crippen LogP contribution in [0.25, 0.3) is 0 Å². The number of aromatic carboxylic acids is 1. The fraction of sp³-hybridized carbons (Fsp3) is 0.562. The van der Waals surface area contributed by atoms with Gasteiger partial charge in [0.1, 0.15) is 0 Å². The van der Waals surface area contributed by atoms with E-state index < -0.39 is 5.97 Å². The van der Waals surface area contributed by atoms with Gasteiger partial charge in [-0.2, -0.15) is 0 Å². The molecule has 1 aromatic carbocycles. The highest BCUT2D eigenvalue weighted by molar-refractivity contribution is 8.01. The quantitative estimate of drug-likeness (QED) is 0.796. The topological polar surface area (TPSA) is 37.3 Å². The highest BCUT2D eigenvalue weighted by Crippen LogP contribution is 2.57. The fourth-order valence-corrected chi connectivity index (χ4v) is 4.04. The normalized spacial score (nSPS) is 18.3. The molecule has 0 bridgehead atoms. The molecule has 1 aromatic rings. The van der Waals surface area contributed by atoms with E-state index in [9.17, 15) is 9.90 Å². The van der Waals surface area contributed by atoms with Gasteiger partial charge in [0.15, 0.2) is 0 Å². The minimum Gasteiger partial charge on any atom is -0.478 e. The summed E-state index contributed by atoms with van der Waals surface area (Å²) in [5.74, 6) is -0.837. The third-order valence-corrected chi connectivity index (χ3v) is 5.73. The van der Waals surface area contributed by atoms with E-state index in [-0.39, 0.29) is 10.2 Å². The summed E-state index contributed by atoms with van der Waals surface area (Å²) >= 11 is 1.84. The van der Waals surface area contributed by atoms with Gasteiger partial charge in [0, 0.05) is 15.1 Å². The van der Waals surface area contributed by atoms with E-state index >= 15 is 0 Å². The SMILES string of the molecule is CC.Cc1c(C(=O)O)ccc2c1C(C)(C)C(C)(C)S2. The Labute approximate surface area is 120 Å². The summed E-state index contributed by atoms with van der Waals surface area (Å²) < 4.78 is 0.0945. The van der Waals surface area contributed by atoms with Crippen LogP contribution in [0.5, 0.6) is 0 Å². The minimum atomic E-state index is -0.837. The van der Waals surface area contributed by atoms with E-state index in [1.54, 1.807) is 6.07 Å². The molecule has 1 aliphatic rings. The third kappa shape index (κ3) is 2.40. The van der Waals surface area contributed by atoms with Crippen LogP contribution in [0.2, 0.25) is 0 Å². The van der Waals surface area contributed by atoms with Crippen molar-refractivity contribution in [3.63, 3.8) is 0 Å². The number of rotatable bonds is 1. The average molecular weight is 280 g/mol. The van der Waals surface area contributed by atoms with E-state index in [0.717, 1.165) is 5.56 Å². The van der Waals surface area contributed by atoms with Gasteiger partial charge in [0.2, 0.25) is 0 Å². The second kappa shape index (κ2) is 5.20. The van der Waals surface area contributed by atoms with Gasteiger partial charge in [-0.15, -0.1) is 11.8 Å². The lowest BCUT2D eigenvalue weighted by Gasteiger charge is -2.35. The molecule has 106 valence electrons. The fourth-order valence-electron chi connectivity index (χ4n) is 2.48. The second-order valence-electron chi connectivity index (χ2n) is 5.65. The zero-order valence-electron chi connectivity index (χ0n) is 12.9. The molecule has 1 heterocycles. The van der Waals surface area contributed by atoms with Crippen LogP contribution in [-0.4, -0.2) is 15.8 Å². The Morgan fingerprint density at radius 1 is 1.16 bits per heavy atom. The molecular formula is C16H24O2S. The number of thioether (sulfide) groups is 1. The Balaban J connectivity index is 0.000000861. The molecule has 3 heteroatoms. The zero-order chi connectivity index (χ0) is 15.0. The molecule has 0 spiro atoms. The molecule has 19 heavy (non-hydrogen) atoms. The maximum Gasteiger partial charge on any atom is 0.335 e. The summed E-state index contributed by atoms with van der Waals surface area (Å²) in [6.07, 6.45) is 0. The van der Waals surface area contributed by atoms with Crippen LogP contribution >= 0.6 is 11.8 Å². The Hall–Kier alpha value is -0.960. The molecule has 0 unspecified atom stereocenters. The van der Waals surface area contributed by atoms with E-state index in [2.05, 4.69) is 27.7 Å². The van der Waals surface area contributed by atoms with E-state index in [1.165, 1.54) is 10.5 Å². The number of hydrogen-bond acceptors (Lipinski definition) is 2. The maximum atomic E-state index is 11.2. The van der Waals surface area contributed by atoms with Crippen molar-refractivity contribution in [2.45, 2.75) is 63.5 Å². The molecule has 2 rings (SSSR count). The van der Waals surface area contributed by atoms with Crippen molar-refractivity contribution in [1.82, 2.24) is 0 Å². The Morgan fingerprint density at radius 2 is 1.68 bits per heavy atom. The van der Waals surface area contributed by atoms with Crippen molar-refractivity contribution in [1.29, 1.82) is 0 Å². The first kappa shape index (κ1) is 16.1. The predicted octanol–water partition coefficient (Wildman–Crippen LogP) is 4.88. The number of benzene rings is 1. The molecule has 0 aromatic heterocycles. The third-order valence-electron chi connectivity index (χ3n) is 4.15. The van der Waals surface area contributed by atoms with Gasteiger partial charge >= 0.3 is 5.97 Å². The van der Waals surface area contributed by atoms with Crippen molar-refractivity contribution in [3.05, 3.63) is 28.8 Å². The molecule has 0 atom stereocenters. The number of hydrogen-bond donors (Lipinski definition) is 1. The Kier molecular flexibility index (Phi) is 4.40. The van der Waals surface area contributed by atoms with Crippen LogP contribution in [0.4, 0.5) is 0 Å². The smallest absolute Gasteiger partial charge is 0.335 e. The molecule has 2 nitrogen and oxygen atoms in total. The lowest BCUT2D eigenvalue weighted by Crippen LogP contribution is -2.36. The second-order valence-corrected chi connectivity index (χ2v) is 7.32. The molecule has 1 N–H and O–H groups in total. The van der Waals surface area contributed by atoms with Gasteiger partial charge < -0.3 is 5.11 Å². The van der Waals surface area contributed by atoms with E-state index in [0.29, 0.717) is 5.56 Å². The van der Waals surface area contributed by atoms with Crippen molar-refractivity contribution in [2.24, 2.45) is 0 Å². The lowest BCUT2D eigenvalue weighted by atomic mass is 9.72. The first-order valence-corrected chi connectivity index (χ1v) is 7.56. The highest BCUT2D eigenvalue weighted by Gasteiger charge is 2.47. The molecule has 0 amide bonds. The predicted molar refractivity (Wildman–Crippen MR) is 82.4 cm³/mol. The van der Waals surface area contributed by atoms with Gasteiger partial charge in [-0.3, -0.25) is 0 Å². The molecule has 0 aliphatic carbocycles.